The van der Waals surface area contributed by atoms with E-state index in [1.165, 1.54) is 24.8 Å². The zero-order valence-electron chi connectivity index (χ0n) is 12.4. The molecule has 1 aromatic carbocycles. The monoisotopic (exact) mass is 285 g/mol. The molecule has 1 aliphatic carbocycles. The molecule has 21 heavy (non-hydrogen) atoms. The maximum Gasteiger partial charge on any atom is 0.234 e. The van der Waals surface area contributed by atoms with Gasteiger partial charge in [-0.3, -0.25) is 0 Å². The molecule has 1 aromatic heterocycles. The minimum Gasteiger partial charge on any atom is -0.339 e. The van der Waals surface area contributed by atoms with Gasteiger partial charge in [-0.25, -0.2) is 0 Å². The van der Waals surface area contributed by atoms with E-state index in [9.17, 15) is 0 Å². The summed E-state index contributed by atoms with van der Waals surface area (Å²) < 4.78 is 5.55. The van der Waals surface area contributed by atoms with Crippen molar-refractivity contribution in [3.8, 4) is 0 Å². The fourth-order valence-electron chi connectivity index (χ4n) is 3.21. The van der Waals surface area contributed by atoms with E-state index in [1.807, 2.05) is 6.07 Å². The molecule has 4 heteroatoms. The van der Waals surface area contributed by atoms with Gasteiger partial charge in [-0.2, -0.15) is 4.98 Å². The van der Waals surface area contributed by atoms with Gasteiger partial charge in [-0.1, -0.05) is 54.8 Å². The van der Waals surface area contributed by atoms with Crippen molar-refractivity contribution < 1.29 is 4.52 Å². The molecule has 0 bridgehead atoms. The molecule has 0 spiro atoms. The molecule has 0 unspecified atom stereocenters. The first-order valence-corrected chi connectivity index (χ1v) is 7.89. The molecule has 3 rings (SSSR count). The Balaban J connectivity index is 1.68. The third-order valence-corrected chi connectivity index (χ3v) is 4.60. The fourth-order valence-corrected chi connectivity index (χ4v) is 3.21. The Morgan fingerprint density at radius 3 is 2.52 bits per heavy atom. The SMILES string of the molecule is NCC1(c2nc(CCc3ccccc3)no2)CCCCC1. The largest absolute Gasteiger partial charge is 0.339 e. The average Bonchev–Trinajstić information content (AvgIpc) is 3.04. The summed E-state index contributed by atoms with van der Waals surface area (Å²) in [5, 5.41) is 4.16. The van der Waals surface area contributed by atoms with Gasteiger partial charge in [0.1, 0.15) is 0 Å². The van der Waals surface area contributed by atoms with Gasteiger partial charge < -0.3 is 10.3 Å². The van der Waals surface area contributed by atoms with Crippen molar-refractivity contribution in [2.75, 3.05) is 6.54 Å². The van der Waals surface area contributed by atoms with Crippen molar-refractivity contribution in [3.05, 3.63) is 47.6 Å². The lowest BCUT2D eigenvalue weighted by atomic mass is 9.74. The Morgan fingerprint density at radius 1 is 1.05 bits per heavy atom. The molecule has 4 nitrogen and oxygen atoms in total. The summed E-state index contributed by atoms with van der Waals surface area (Å²) >= 11 is 0. The van der Waals surface area contributed by atoms with Crippen LogP contribution in [0.25, 0.3) is 0 Å². The highest BCUT2D eigenvalue weighted by atomic mass is 16.5. The van der Waals surface area contributed by atoms with Crippen LogP contribution < -0.4 is 5.73 Å². The smallest absolute Gasteiger partial charge is 0.234 e. The molecular weight excluding hydrogens is 262 g/mol. The van der Waals surface area contributed by atoms with Crippen molar-refractivity contribution in [1.82, 2.24) is 10.1 Å². The van der Waals surface area contributed by atoms with Crippen LogP contribution in [0.4, 0.5) is 0 Å². The predicted octanol–water partition coefficient (Wildman–Crippen LogP) is 3.02. The van der Waals surface area contributed by atoms with E-state index in [0.29, 0.717) is 6.54 Å². The molecule has 2 aromatic rings. The molecule has 0 amide bonds. The number of nitrogens with zero attached hydrogens (tertiary/aromatic N) is 2. The molecule has 1 heterocycles. The van der Waals surface area contributed by atoms with Crippen LogP contribution in [0.5, 0.6) is 0 Å². The first kappa shape index (κ1) is 14.3. The molecule has 0 saturated heterocycles. The quantitative estimate of drug-likeness (QED) is 0.917. The summed E-state index contributed by atoms with van der Waals surface area (Å²) in [6.45, 7) is 0.604. The van der Waals surface area contributed by atoms with Gasteiger partial charge in [-0.15, -0.1) is 0 Å². The molecule has 1 aliphatic rings. The lowest BCUT2D eigenvalue weighted by molar-refractivity contribution is 0.219. The summed E-state index contributed by atoms with van der Waals surface area (Å²) in [7, 11) is 0. The number of hydrogen-bond acceptors (Lipinski definition) is 4. The van der Waals surface area contributed by atoms with Crippen LogP contribution in [0.15, 0.2) is 34.9 Å². The zero-order valence-corrected chi connectivity index (χ0v) is 12.4. The minimum atomic E-state index is -0.0732. The van der Waals surface area contributed by atoms with E-state index in [0.717, 1.165) is 37.4 Å². The van der Waals surface area contributed by atoms with Gasteiger partial charge in [-0.05, 0) is 24.8 Å². The second kappa shape index (κ2) is 6.39. The van der Waals surface area contributed by atoms with Gasteiger partial charge in [0.15, 0.2) is 5.82 Å². The van der Waals surface area contributed by atoms with Gasteiger partial charge in [0, 0.05) is 13.0 Å². The topological polar surface area (TPSA) is 64.9 Å². The van der Waals surface area contributed by atoms with Crippen LogP contribution in [-0.4, -0.2) is 16.7 Å². The normalized spacial score (nSPS) is 17.8. The molecule has 112 valence electrons. The number of benzene rings is 1. The van der Waals surface area contributed by atoms with E-state index in [-0.39, 0.29) is 5.41 Å². The van der Waals surface area contributed by atoms with Crippen molar-refractivity contribution in [2.45, 2.75) is 50.4 Å². The van der Waals surface area contributed by atoms with Gasteiger partial charge in [0.25, 0.3) is 0 Å². The Morgan fingerprint density at radius 2 is 1.81 bits per heavy atom. The van der Waals surface area contributed by atoms with Crippen molar-refractivity contribution in [1.29, 1.82) is 0 Å². The van der Waals surface area contributed by atoms with Gasteiger partial charge in [0.2, 0.25) is 5.89 Å². The van der Waals surface area contributed by atoms with Crippen LogP contribution in [-0.2, 0) is 18.3 Å². The zero-order chi connectivity index (χ0) is 14.5. The molecule has 0 aliphatic heterocycles. The van der Waals surface area contributed by atoms with E-state index in [1.54, 1.807) is 0 Å². The standard InChI is InChI=1S/C17H23N3O/c18-13-17(11-5-2-6-12-17)16-19-15(20-21-16)10-9-14-7-3-1-4-8-14/h1,3-4,7-8H,2,5-6,9-13,18H2. The fraction of sp³-hybridized carbons (Fsp3) is 0.529. The van der Waals surface area contributed by atoms with E-state index in [2.05, 4.69) is 34.4 Å². The Bertz CT molecular complexity index is 558. The van der Waals surface area contributed by atoms with Crippen LogP contribution in [0.1, 0.15) is 49.4 Å². The second-order valence-electron chi connectivity index (χ2n) is 6.05. The number of nitrogens with two attached hydrogens (primary N) is 1. The highest BCUT2D eigenvalue weighted by molar-refractivity contribution is 5.16. The summed E-state index contributed by atoms with van der Waals surface area (Å²) in [4.78, 5) is 4.63. The summed E-state index contributed by atoms with van der Waals surface area (Å²) in [6, 6.07) is 10.4. The second-order valence-corrected chi connectivity index (χ2v) is 6.05. The van der Waals surface area contributed by atoms with Gasteiger partial charge >= 0.3 is 0 Å². The highest BCUT2D eigenvalue weighted by Crippen LogP contribution is 2.37. The Hall–Kier alpha value is -1.68. The third-order valence-electron chi connectivity index (χ3n) is 4.60. The average molecular weight is 285 g/mol. The van der Waals surface area contributed by atoms with Gasteiger partial charge in [0.05, 0.1) is 5.41 Å². The maximum atomic E-state index is 6.02. The van der Waals surface area contributed by atoms with Crippen LogP contribution in [0.2, 0.25) is 0 Å². The Kier molecular flexibility index (Phi) is 4.34. The molecular formula is C17H23N3O. The first-order valence-electron chi connectivity index (χ1n) is 7.89. The Labute approximate surface area is 125 Å². The maximum absolute atomic E-state index is 6.02. The number of aryl methyl sites for hydroxylation is 2. The summed E-state index contributed by atoms with van der Waals surface area (Å²) in [5.74, 6) is 1.56. The third kappa shape index (κ3) is 3.16. The van der Waals surface area contributed by atoms with Crippen LogP contribution in [0.3, 0.4) is 0 Å². The highest BCUT2D eigenvalue weighted by Gasteiger charge is 2.37. The van der Waals surface area contributed by atoms with E-state index in [4.69, 9.17) is 10.3 Å². The molecule has 1 fully saturated rings. The molecule has 2 N–H and O–H groups in total. The summed E-state index contributed by atoms with van der Waals surface area (Å²) in [6.07, 6.45) is 7.60. The first-order chi connectivity index (χ1) is 10.3. The minimum absolute atomic E-state index is 0.0732. The van der Waals surface area contributed by atoms with Crippen molar-refractivity contribution in [2.24, 2.45) is 5.73 Å². The number of aromatic nitrogens is 2. The lowest BCUT2D eigenvalue weighted by Crippen LogP contribution is -2.37. The van der Waals surface area contributed by atoms with E-state index >= 15 is 0 Å². The number of rotatable bonds is 5. The molecule has 0 atom stereocenters. The van der Waals surface area contributed by atoms with Crippen LogP contribution >= 0.6 is 0 Å². The summed E-state index contributed by atoms with van der Waals surface area (Å²) in [5.41, 5.74) is 7.24. The predicted molar refractivity (Wildman–Crippen MR) is 82.0 cm³/mol. The molecule has 1 saturated carbocycles. The number of hydrogen-bond donors (Lipinski definition) is 1. The van der Waals surface area contributed by atoms with E-state index < -0.39 is 0 Å². The lowest BCUT2D eigenvalue weighted by Gasteiger charge is -2.32. The van der Waals surface area contributed by atoms with Crippen LogP contribution in [0, 0.1) is 0 Å². The van der Waals surface area contributed by atoms with Crippen molar-refractivity contribution >= 4 is 0 Å². The van der Waals surface area contributed by atoms with Crippen molar-refractivity contribution in [3.63, 3.8) is 0 Å². The molecule has 0 radical (unpaired) electrons.